The molecule has 31 heavy (non-hydrogen) atoms. The highest BCUT2D eigenvalue weighted by atomic mass is 16.5. The number of ether oxygens (including phenoxy) is 1. The summed E-state index contributed by atoms with van der Waals surface area (Å²) in [6.07, 6.45) is 7.38. The largest absolute Gasteiger partial charge is 0.450 e. The number of nitrogens with one attached hydrogen (secondary N) is 3. The maximum absolute atomic E-state index is 12.4. The number of hydrogen-bond acceptors (Lipinski definition) is 7. The van der Waals surface area contributed by atoms with Crippen molar-refractivity contribution in [1.29, 1.82) is 0 Å². The highest BCUT2D eigenvalue weighted by molar-refractivity contribution is 6.00. The van der Waals surface area contributed by atoms with Crippen molar-refractivity contribution in [3.05, 3.63) is 22.9 Å². The molecule has 0 saturated heterocycles. The van der Waals surface area contributed by atoms with Crippen LogP contribution in [-0.2, 0) is 11.3 Å². The molecule has 1 aromatic heterocycles. The van der Waals surface area contributed by atoms with Crippen molar-refractivity contribution >= 4 is 24.0 Å². The standard InChI is InChI=1S/C22H32N6O3/c1-3-4-9-31-22(30)26-17-8-6-5-7-16(17)25-18-10-14-11-23-21(29)19(14)20(27-18)15-12-24-28(2)13-15/h10,12,15-17H,3-9,11,13H2,1-2H3,(H,23,29)(H,25,27)(H,26,30)/t15?,16-,17+/m1/s1. The summed E-state index contributed by atoms with van der Waals surface area (Å²) in [5.74, 6) is 0.656. The number of alkyl carbamates (subject to hydrolysis) is 1. The highest BCUT2D eigenvalue weighted by Gasteiger charge is 2.32. The van der Waals surface area contributed by atoms with Crippen molar-refractivity contribution in [3.63, 3.8) is 0 Å². The van der Waals surface area contributed by atoms with Gasteiger partial charge in [0.2, 0.25) is 0 Å². The molecule has 1 unspecified atom stereocenters. The van der Waals surface area contributed by atoms with Crippen molar-refractivity contribution in [2.45, 2.75) is 70.0 Å². The Morgan fingerprint density at radius 3 is 2.87 bits per heavy atom. The summed E-state index contributed by atoms with van der Waals surface area (Å²) in [4.78, 5) is 29.5. The lowest BCUT2D eigenvalue weighted by Gasteiger charge is -2.33. The van der Waals surface area contributed by atoms with E-state index in [9.17, 15) is 9.59 Å². The van der Waals surface area contributed by atoms with Gasteiger partial charge in [0.05, 0.1) is 29.8 Å². The van der Waals surface area contributed by atoms with Gasteiger partial charge in [0.15, 0.2) is 0 Å². The normalized spacial score (nSPS) is 24.6. The molecule has 0 bridgehead atoms. The van der Waals surface area contributed by atoms with Gasteiger partial charge in [-0.2, -0.15) is 5.10 Å². The van der Waals surface area contributed by atoms with Crippen LogP contribution in [0.25, 0.3) is 0 Å². The molecule has 3 atom stereocenters. The van der Waals surface area contributed by atoms with Crippen LogP contribution in [0.15, 0.2) is 11.2 Å². The lowest BCUT2D eigenvalue weighted by atomic mass is 9.90. The predicted molar refractivity (Wildman–Crippen MR) is 118 cm³/mol. The van der Waals surface area contributed by atoms with Crippen LogP contribution in [-0.4, -0.2) is 60.5 Å². The molecule has 1 saturated carbocycles. The molecule has 0 radical (unpaired) electrons. The number of carbonyl (C=O) groups is 2. The minimum atomic E-state index is -0.352. The zero-order valence-electron chi connectivity index (χ0n) is 18.3. The number of fused-ring (bicyclic) bond motifs is 1. The van der Waals surface area contributed by atoms with Crippen molar-refractivity contribution < 1.29 is 14.3 Å². The molecular formula is C22H32N6O3. The molecule has 3 N–H and O–H groups in total. The van der Waals surface area contributed by atoms with Crippen LogP contribution in [0.3, 0.4) is 0 Å². The van der Waals surface area contributed by atoms with Gasteiger partial charge in [-0.15, -0.1) is 0 Å². The van der Waals surface area contributed by atoms with Crippen LogP contribution in [0, 0.1) is 0 Å². The molecule has 1 aliphatic carbocycles. The summed E-state index contributed by atoms with van der Waals surface area (Å²) in [5, 5.41) is 15.7. The van der Waals surface area contributed by atoms with Crippen LogP contribution in [0.2, 0.25) is 0 Å². The van der Waals surface area contributed by atoms with Crippen molar-refractivity contribution in [1.82, 2.24) is 20.6 Å². The Bertz CT molecular complexity index is 858. The number of hydrogen-bond donors (Lipinski definition) is 3. The van der Waals surface area contributed by atoms with Crippen LogP contribution >= 0.6 is 0 Å². The second kappa shape index (κ2) is 9.53. The van der Waals surface area contributed by atoms with Crippen LogP contribution in [0.1, 0.15) is 73.0 Å². The average Bonchev–Trinajstić information content (AvgIpc) is 3.35. The first kappa shape index (κ1) is 21.4. The van der Waals surface area contributed by atoms with Gasteiger partial charge < -0.3 is 20.7 Å². The Balaban J connectivity index is 1.50. The molecule has 9 nitrogen and oxygen atoms in total. The Hall–Kier alpha value is -2.84. The molecule has 4 rings (SSSR count). The molecular weight excluding hydrogens is 396 g/mol. The van der Waals surface area contributed by atoms with Gasteiger partial charge in [0, 0.05) is 32.4 Å². The second-order valence-electron chi connectivity index (χ2n) is 8.60. The van der Waals surface area contributed by atoms with Gasteiger partial charge in [-0.25, -0.2) is 9.78 Å². The van der Waals surface area contributed by atoms with Crippen LogP contribution < -0.4 is 16.0 Å². The highest BCUT2D eigenvalue weighted by Crippen LogP contribution is 2.30. The SMILES string of the molecule is CCCCOC(=O)N[C@H]1CCCC[C@H]1Nc1cc2c(c(C3C=NN(C)C3)n1)C(=O)NC2. The van der Waals surface area contributed by atoms with Gasteiger partial charge in [0.25, 0.3) is 5.91 Å². The number of anilines is 1. The molecule has 3 heterocycles. The number of carbonyl (C=O) groups excluding carboxylic acids is 2. The van der Waals surface area contributed by atoms with Crippen LogP contribution in [0.5, 0.6) is 0 Å². The minimum absolute atomic E-state index is 0.0136. The third kappa shape index (κ3) is 4.91. The quantitative estimate of drug-likeness (QED) is 0.576. The number of pyridine rings is 1. The third-order valence-electron chi connectivity index (χ3n) is 6.18. The molecule has 2 aliphatic heterocycles. The number of amides is 2. The van der Waals surface area contributed by atoms with Crippen molar-refractivity contribution in [3.8, 4) is 0 Å². The van der Waals surface area contributed by atoms with E-state index in [0.29, 0.717) is 25.3 Å². The van der Waals surface area contributed by atoms with Gasteiger partial charge in [-0.1, -0.05) is 26.2 Å². The molecule has 2 amide bonds. The van der Waals surface area contributed by atoms with Crippen molar-refractivity contribution in [2.75, 3.05) is 25.5 Å². The molecule has 3 aliphatic rings. The van der Waals surface area contributed by atoms with E-state index in [1.54, 1.807) is 0 Å². The third-order valence-corrected chi connectivity index (χ3v) is 6.18. The van der Waals surface area contributed by atoms with Gasteiger partial charge >= 0.3 is 6.09 Å². The molecule has 0 spiro atoms. The van der Waals surface area contributed by atoms with Gasteiger partial charge in [0.1, 0.15) is 5.82 Å². The molecule has 9 heteroatoms. The predicted octanol–water partition coefficient (Wildman–Crippen LogP) is 2.59. The summed E-state index contributed by atoms with van der Waals surface area (Å²) >= 11 is 0. The molecule has 1 aromatic rings. The van der Waals surface area contributed by atoms with Crippen LogP contribution in [0.4, 0.5) is 10.6 Å². The smallest absolute Gasteiger partial charge is 0.407 e. The first-order chi connectivity index (χ1) is 15.0. The summed E-state index contributed by atoms with van der Waals surface area (Å²) in [7, 11) is 1.91. The summed E-state index contributed by atoms with van der Waals surface area (Å²) in [6, 6.07) is 2.01. The van der Waals surface area contributed by atoms with E-state index in [0.717, 1.165) is 55.6 Å². The zero-order valence-corrected chi connectivity index (χ0v) is 18.3. The molecule has 1 fully saturated rings. The van der Waals surface area contributed by atoms with Gasteiger partial charge in [-0.3, -0.25) is 9.80 Å². The monoisotopic (exact) mass is 428 g/mol. The van der Waals surface area contributed by atoms with E-state index < -0.39 is 0 Å². The summed E-state index contributed by atoms with van der Waals surface area (Å²) < 4.78 is 5.29. The number of rotatable bonds is 7. The first-order valence-electron chi connectivity index (χ1n) is 11.3. The number of unbranched alkanes of at least 4 members (excludes halogenated alkanes) is 1. The number of likely N-dealkylation sites (N-methyl/N-ethyl adjacent to an activating group) is 1. The van der Waals surface area contributed by atoms with E-state index in [-0.39, 0.29) is 30.0 Å². The summed E-state index contributed by atoms with van der Waals surface area (Å²) in [6.45, 7) is 3.72. The molecule has 168 valence electrons. The second-order valence-corrected chi connectivity index (χ2v) is 8.60. The maximum atomic E-state index is 12.4. The Kier molecular flexibility index (Phi) is 6.58. The number of hydrazone groups is 1. The van der Waals surface area contributed by atoms with E-state index >= 15 is 0 Å². The first-order valence-corrected chi connectivity index (χ1v) is 11.3. The van der Waals surface area contributed by atoms with Crippen molar-refractivity contribution in [2.24, 2.45) is 5.10 Å². The van der Waals surface area contributed by atoms with E-state index in [2.05, 4.69) is 28.0 Å². The zero-order chi connectivity index (χ0) is 21.8. The topological polar surface area (TPSA) is 108 Å². The van der Waals surface area contributed by atoms with E-state index in [4.69, 9.17) is 9.72 Å². The fourth-order valence-electron chi connectivity index (χ4n) is 4.53. The summed E-state index contributed by atoms with van der Waals surface area (Å²) in [5.41, 5.74) is 2.40. The fourth-order valence-corrected chi connectivity index (χ4v) is 4.53. The van der Waals surface area contributed by atoms with E-state index in [1.165, 1.54) is 0 Å². The minimum Gasteiger partial charge on any atom is -0.450 e. The number of aromatic nitrogens is 1. The van der Waals surface area contributed by atoms with Gasteiger partial charge in [-0.05, 0) is 30.9 Å². The Morgan fingerprint density at radius 1 is 1.32 bits per heavy atom. The Labute approximate surface area is 183 Å². The average molecular weight is 429 g/mol. The Morgan fingerprint density at radius 2 is 2.13 bits per heavy atom. The lowest BCUT2D eigenvalue weighted by molar-refractivity contribution is 0.0964. The molecule has 0 aromatic carbocycles. The number of nitrogens with zero attached hydrogens (tertiary/aromatic N) is 3. The lowest BCUT2D eigenvalue weighted by Crippen LogP contribution is -2.48. The van der Waals surface area contributed by atoms with E-state index in [1.807, 2.05) is 24.3 Å². The maximum Gasteiger partial charge on any atom is 0.407 e. The fraction of sp³-hybridized carbons (Fsp3) is 0.636.